The first-order chi connectivity index (χ1) is 10.2. The van der Waals surface area contributed by atoms with Crippen LogP contribution in [-0.2, 0) is 4.79 Å². The molecule has 1 atom stereocenters. The van der Waals surface area contributed by atoms with Crippen molar-refractivity contribution in [3.05, 3.63) is 24.4 Å². The summed E-state index contributed by atoms with van der Waals surface area (Å²) in [6.45, 7) is 4.29. The molecule has 8 heteroatoms. The minimum atomic E-state index is 0. The molecule has 2 N–H and O–H groups in total. The van der Waals surface area contributed by atoms with Crippen molar-refractivity contribution in [3.63, 3.8) is 0 Å². The molecule has 3 rings (SSSR count). The molecule has 3 heterocycles. The van der Waals surface area contributed by atoms with Crippen LogP contribution in [-0.4, -0.2) is 33.6 Å². The number of nitrogens with one attached hydrogen (secondary N) is 2. The van der Waals surface area contributed by atoms with Gasteiger partial charge in [0.2, 0.25) is 11.9 Å². The first-order valence-corrected chi connectivity index (χ1v) is 7.54. The van der Waals surface area contributed by atoms with E-state index in [1.54, 1.807) is 4.40 Å². The zero-order valence-corrected chi connectivity index (χ0v) is 14.7. The Morgan fingerprint density at radius 1 is 1.35 bits per heavy atom. The molecule has 0 aromatic carbocycles. The number of anilines is 1. The Balaban J connectivity index is 0.00000132. The van der Waals surface area contributed by atoms with Crippen LogP contribution in [0.4, 0.5) is 5.95 Å². The summed E-state index contributed by atoms with van der Waals surface area (Å²) in [5.41, 5.74) is 0.735. The number of rotatable bonds is 4. The molecule has 2 aromatic heterocycles. The van der Waals surface area contributed by atoms with E-state index in [1.807, 2.05) is 24.4 Å². The molecule has 0 saturated carbocycles. The van der Waals surface area contributed by atoms with Crippen molar-refractivity contribution in [1.82, 2.24) is 19.9 Å². The van der Waals surface area contributed by atoms with Gasteiger partial charge in [-0.2, -0.15) is 0 Å². The van der Waals surface area contributed by atoms with E-state index in [-0.39, 0.29) is 30.7 Å². The lowest BCUT2D eigenvalue weighted by Crippen LogP contribution is -2.32. The number of nitrogens with zero attached hydrogens (tertiary/aromatic N) is 3. The van der Waals surface area contributed by atoms with Gasteiger partial charge >= 0.3 is 0 Å². The Labute approximate surface area is 148 Å². The maximum absolute atomic E-state index is 12.2. The number of hydrogen-bond acceptors (Lipinski definition) is 4. The Bertz CT molecular complexity index is 627. The van der Waals surface area contributed by atoms with E-state index in [0.717, 1.165) is 31.6 Å². The standard InChI is InChI=1S/C15H21N5O.2ClH/c1-11(12-5-7-16-8-6-12)10-14(21)17-15-19-18-13-4-2-3-9-20(13)15;;/h2-4,9,11-12,16H,5-8,10H2,1H3,(H,17,19,21);2*1H. The molecule has 1 aliphatic heterocycles. The molecular weight excluding hydrogens is 337 g/mol. The van der Waals surface area contributed by atoms with E-state index < -0.39 is 0 Å². The average molecular weight is 360 g/mol. The number of hydrogen-bond donors (Lipinski definition) is 2. The number of piperidine rings is 1. The summed E-state index contributed by atoms with van der Waals surface area (Å²) in [6.07, 6.45) is 4.69. The quantitative estimate of drug-likeness (QED) is 0.879. The topological polar surface area (TPSA) is 71.3 Å². The van der Waals surface area contributed by atoms with Crippen LogP contribution in [0.15, 0.2) is 24.4 Å². The lowest BCUT2D eigenvalue weighted by atomic mass is 9.84. The lowest BCUT2D eigenvalue weighted by molar-refractivity contribution is -0.117. The van der Waals surface area contributed by atoms with Gasteiger partial charge < -0.3 is 5.32 Å². The minimum absolute atomic E-state index is 0. The number of carbonyl (C=O) groups is 1. The molecule has 1 unspecified atom stereocenters. The summed E-state index contributed by atoms with van der Waals surface area (Å²) in [5, 5.41) is 14.3. The number of pyridine rings is 1. The second-order valence-electron chi connectivity index (χ2n) is 5.77. The van der Waals surface area contributed by atoms with Crippen molar-refractivity contribution >= 4 is 42.3 Å². The Hall–Kier alpha value is -1.37. The third-order valence-electron chi connectivity index (χ3n) is 4.26. The number of aromatic nitrogens is 3. The molecule has 1 amide bonds. The van der Waals surface area contributed by atoms with Crippen LogP contribution in [0.1, 0.15) is 26.2 Å². The van der Waals surface area contributed by atoms with Crippen LogP contribution >= 0.6 is 24.8 Å². The number of carbonyl (C=O) groups excluding carboxylic acids is 1. The van der Waals surface area contributed by atoms with E-state index in [4.69, 9.17) is 0 Å². The van der Waals surface area contributed by atoms with E-state index in [2.05, 4.69) is 27.8 Å². The molecule has 128 valence electrons. The number of amides is 1. The zero-order chi connectivity index (χ0) is 14.7. The van der Waals surface area contributed by atoms with Crippen molar-refractivity contribution in [2.75, 3.05) is 18.4 Å². The molecule has 0 spiro atoms. The van der Waals surface area contributed by atoms with Gasteiger partial charge in [-0.15, -0.1) is 35.0 Å². The fourth-order valence-corrected chi connectivity index (χ4v) is 2.97. The van der Waals surface area contributed by atoms with Crippen LogP contribution in [0.25, 0.3) is 5.65 Å². The lowest BCUT2D eigenvalue weighted by Gasteiger charge is -2.27. The molecular formula is C15H23Cl2N5O. The molecule has 1 saturated heterocycles. The van der Waals surface area contributed by atoms with Gasteiger partial charge in [-0.05, 0) is 49.9 Å². The molecule has 23 heavy (non-hydrogen) atoms. The summed E-state index contributed by atoms with van der Waals surface area (Å²) in [4.78, 5) is 12.2. The van der Waals surface area contributed by atoms with Crippen molar-refractivity contribution in [3.8, 4) is 0 Å². The normalized spacial score (nSPS) is 16.2. The predicted molar refractivity (Wildman–Crippen MR) is 95.5 cm³/mol. The third-order valence-corrected chi connectivity index (χ3v) is 4.26. The highest BCUT2D eigenvalue weighted by atomic mass is 35.5. The molecule has 0 aliphatic carbocycles. The second kappa shape index (κ2) is 9.05. The van der Waals surface area contributed by atoms with E-state index in [1.165, 1.54) is 0 Å². The van der Waals surface area contributed by atoms with Crippen molar-refractivity contribution < 1.29 is 4.79 Å². The van der Waals surface area contributed by atoms with E-state index in [0.29, 0.717) is 24.2 Å². The van der Waals surface area contributed by atoms with Gasteiger partial charge in [0.15, 0.2) is 5.65 Å². The summed E-state index contributed by atoms with van der Waals surface area (Å²) in [6, 6.07) is 5.65. The summed E-state index contributed by atoms with van der Waals surface area (Å²) >= 11 is 0. The maximum Gasteiger partial charge on any atom is 0.235 e. The van der Waals surface area contributed by atoms with Crippen LogP contribution in [0.3, 0.4) is 0 Å². The van der Waals surface area contributed by atoms with Gasteiger partial charge in [0.25, 0.3) is 0 Å². The SMILES string of the molecule is CC(CC(=O)Nc1nnc2ccccn12)C1CCNCC1.Cl.Cl. The number of fused-ring (bicyclic) bond motifs is 1. The Kier molecular flexibility index (Phi) is 7.75. The predicted octanol–water partition coefficient (Wildman–Crippen LogP) is 2.54. The summed E-state index contributed by atoms with van der Waals surface area (Å²) in [7, 11) is 0. The summed E-state index contributed by atoms with van der Waals surface area (Å²) in [5.74, 6) is 1.53. The smallest absolute Gasteiger partial charge is 0.235 e. The molecule has 1 fully saturated rings. The second-order valence-corrected chi connectivity index (χ2v) is 5.77. The van der Waals surface area contributed by atoms with Gasteiger partial charge in [0, 0.05) is 12.6 Å². The average Bonchev–Trinajstić information content (AvgIpc) is 2.91. The maximum atomic E-state index is 12.2. The molecule has 6 nitrogen and oxygen atoms in total. The fraction of sp³-hybridized carbons (Fsp3) is 0.533. The monoisotopic (exact) mass is 359 g/mol. The fourth-order valence-electron chi connectivity index (χ4n) is 2.97. The number of halogens is 2. The first-order valence-electron chi connectivity index (χ1n) is 7.54. The van der Waals surface area contributed by atoms with Gasteiger partial charge in [-0.25, -0.2) is 0 Å². The summed E-state index contributed by atoms with van der Waals surface area (Å²) < 4.78 is 1.78. The van der Waals surface area contributed by atoms with Crippen LogP contribution in [0, 0.1) is 11.8 Å². The van der Waals surface area contributed by atoms with Crippen LogP contribution < -0.4 is 10.6 Å². The highest BCUT2D eigenvalue weighted by Gasteiger charge is 2.22. The van der Waals surface area contributed by atoms with Gasteiger partial charge in [-0.3, -0.25) is 14.5 Å². The van der Waals surface area contributed by atoms with Crippen molar-refractivity contribution in [2.24, 2.45) is 11.8 Å². The molecule has 0 bridgehead atoms. The van der Waals surface area contributed by atoms with Crippen LogP contribution in [0.2, 0.25) is 0 Å². The third kappa shape index (κ3) is 4.80. The molecule has 0 radical (unpaired) electrons. The Morgan fingerprint density at radius 2 is 2.09 bits per heavy atom. The van der Waals surface area contributed by atoms with Crippen molar-refractivity contribution in [2.45, 2.75) is 26.2 Å². The molecule has 2 aromatic rings. The van der Waals surface area contributed by atoms with Gasteiger partial charge in [0.1, 0.15) is 0 Å². The van der Waals surface area contributed by atoms with E-state index in [9.17, 15) is 4.79 Å². The van der Waals surface area contributed by atoms with Crippen molar-refractivity contribution in [1.29, 1.82) is 0 Å². The molecule has 1 aliphatic rings. The first kappa shape index (κ1) is 19.7. The zero-order valence-electron chi connectivity index (χ0n) is 13.1. The minimum Gasteiger partial charge on any atom is -0.317 e. The largest absolute Gasteiger partial charge is 0.317 e. The van der Waals surface area contributed by atoms with Gasteiger partial charge in [0.05, 0.1) is 0 Å². The van der Waals surface area contributed by atoms with E-state index >= 15 is 0 Å². The highest BCUT2D eigenvalue weighted by molar-refractivity contribution is 5.89. The van der Waals surface area contributed by atoms with Gasteiger partial charge in [-0.1, -0.05) is 13.0 Å². The Morgan fingerprint density at radius 3 is 2.83 bits per heavy atom. The highest BCUT2D eigenvalue weighted by Crippen LogP contribution is 2.24. The van der Waals surface area contributed by atoms with Crippen LogP contribution in [0.5, 0.6) is 0 Å².